The molecule has 1 aromatic rings. The minimum absolute atomic E-state index is 0.00856. The van der Waals surface area contributed by atoms with Gasteiger partial charge in [-0.15, -0.1) is 0 Å². The lowest BCUT2D eigenvalue weighted by molar-refractivity contribution is 0.0946. The summed E-state index contributed by atoms with van der Waals surface area (Å²) in [5, 5.41) is 3.07. The molecule has 1 saturated carbocycles. The lowest BCUT2D eigenvalue weighted by Crippen LogP contribution is -2.31. The van der Waals surface area contributed by atoms with Crippen LogP contribution >= 0.6 is 31.9 Å². The second-order valence-electron chi connectivity index (χ2n) is 5.72. The van der Waals surface area contributed by atoms with E-state index >= 15 is 0 Å². The summed E-state index contributed by atoms with van der Waals surface area (Å²) in [5.74, 6) is 0.614. The monoisotopic (exact) mass is 400 g/mol. The molecule has 1 atom stereocenters. The molecule has 1 N–H and O–H groups in total. The van der Waals surface area contributed by atoms with Gasteiger partial charge in [0.25, 0.3) is 5.91 Å². The molecule has 108 valence electrons. The van der Waals surface area contributed by atoms with Crippen LogP contribution in [0.5, 0.6) is 0 Å². The predicted molar refractivity (Wildman–Crippen MR) is 86.9 cm³/mol. The lowest BCUT2D eigenvalue weighted by Gasteiger charge is -2.15. The van der Waals surface area contributed by atoms with Gasteiger partial charge >= 0.3 is 0 Å². The van der Waals surface area contributed by atoms with Gasteiger partial charge in [0.15, 0.2) is 0 Å². The zero-order chi connectivity index (χ0) is 14.1. The molecular formula is C15H18Br2N2O. The van der Waals surface area contributed by atoms with E-state index in [-0.39, 0.29) is 5.91 Å². The van der Waals surface area contributed by atoms with Crippen LogP contribution in [0.4, 0.5) is 0 Å². The minimum atomic E-state index is 0.00856. The SMILES string of the molecule is O=C(NCC1CCN(C2CC2)C1)c1ccc(Br)cc1Br. The van der Waals surface area contributed by atoms with Crippen LogP contribution in [0, 0.1) is 5.92 Å². The maximum Gasteiger partial charge on any atom is 0.252 e. The van der Waals surface area contributed by atoms with Gasteiger partial charge in [0.1, 0.15) is 0 Å². The molecule has 2 fully saturated rings. The Morgan fingerprint density at radius 3 is 2.80 bits per heavy atom. The number of carbonyl (C=O) groups is 1. The molecule has 1 unspecified atom stereocenters. The highest BCUT2D eigenvalue weighted by Crippen LogP contribution is 2.31. The minimum Gasteiger partial charge on any atom is -0.352 e. The summed E-state index contributed by atoms with van der Waals surface area (Å²) in [5.41, 5.74) is 0.699. The zero-order valence-corrected chi connectivity index (χ0v) is 14.4. The molecule has 0 bridgehead atoms. The van der Waals surface area contributed by atoms with E-state index < -0.39 is 0 Å². The Bertz CT molecular complexity index is 517. The summed E-state index contributed by atoms with van der Waals surface area (Å²) >= 11 is 6.84. The van der Waals surface area contributed by atoms with E-state index in [1.54, 1.807) is 0 Å². The molecule has 20 heavy (non-hydrogen) atoms. The van der Waals surface area contributed by atoms with Crippen molar-refractivity contribution in [1.29, 1.82) is 0 Å². The van der Waals surface area contributed by atoms with Crippen molar-refractivity contribution in [3.8, 4) is 0 Å². The van der Waals surface area contributed by atoms with Crippen molar-refractivity contribution in [2.24, 2.45) is 5.92 Å². The maximum atomic E-state index is 12.2. The van der Waals surface area contributed by atoms with E-state index in [0.717, 1.165) is 28.1 Å². The molecule has 1 aliphatic carbocycles. The summed E-state index contributed by atoms with van der Waals surface area (Å²) < 4.78 is 1.80. The number of rotatable bonds is 4. The van der Waals surface area contributed by atoms with Gasteiger partial charge < -0.3 is 10.2 Å². The van der Waals surface area contributed by atoms with Crippen molar-refractivity contribution in [1.82, 2.24) is 10.2 Å². The van der Waals surface area contributed by atoms with Crippen molar-refractivity contribution in [2.45, 2.75) is 25.3 Å². The number of amides is 1. The normalized spacial score (nSPS) is 23.0. The van der Waals surface area contributed by atoms with Crippen LogP contribution in [0.1, 0.15) is 29.6 Å². The smallest absolute Gasteiger partial charge is 0.252 e. The molecule has 1 saturated heterocycles. The van der Waals surface area contributed by atoms with Gasteiger partial charge in [-0.3, -0.25) is 4.79 Å². The molecule has 5 heteroatoms. The highest BCUT2D eigenvalue weighted by atomic mass is 79.9. The average Bonchev–Trinajstić information content (AvgIpc) is 3.15. The first kappa shape index (κ1) is 14.5. The standard InChI is InChI=1S/C15H18Br2N2O/c16-11-1-4-13(14(17)7-11)15(20)18-8-10-5-6-19(9-10)12-2-3-12/h1,4,7,10,12H,2-3,5-6,8-9H2,(H,18,20). The molecule has 3 rings (SSSR count). The van der Waals surface area contributed by atoms with Crippen LogP contribution in [0.2, 0.25) is 0 Å². The quantitative estimate of drug-likeness (QED) is 0.838. The Hall–Kier alpha value is -0.390. The van der Waals surface area contributed by atoms with Gasteiger partial charge in [0.05, 0.1) is 5.56 Å². The van der Waals surface area contributed by atoms with Crippen molar-refractivity contribution in [2.75, 3.05) is 19.6 Å². The van der Waals surface area contributed by atoms with Crippen molar-refractivity contribution >= 4 is 37.8 Å². The fourth-order valence-corrected chi connectivity index (χ4v) is 4.03. The molecule has 2 aliphatic rings. The number of benzene rings is 1. The summed E-state index contributed by atoms with van der Waals surface area (Å²) in [6, 6.07) is 6.48. The van der Waals surface area contributed by atoms with Gasteiger partial charge in [-0.05, 0) is 65.9 Å². The first-order valence-corrected chi connectivity index (χ1v) is 8.69. The number of halogens is 2. The number of carbonyl (C=O) groups excluding carboxylic acids is 1. The van der Waals surface area contributed by atoms with Crippen LogP contribution in [0.25, 0.3) is 0 Å². The third-order valence-corrected chi connectivity index (χ3v) is 5.26. The second kappa shape index (κ2) is 6.16. The fourth-order valence-electron chi connectivity index (χ4n) is 2.81. The van der Waals surface area contributed by atoms with Crippen molar-refractivity contribution in [3.05, 3.63) is 32.7 Å². The van der Waals surface area contributed by atoms with Crippen LogP contribution < -0.4 is 5.32 Å². The largest absolute Gasteiger partial charge is 0.352 e. The summed E-state index contributed by atoms with van der Waals surface area (Å²) in [6.45, 7) is 3.13. The van der Waals surface area contributed by atoms with Crippen LogP contribution in [0.3, 0.4) is 0 Å². The molecule has 0 spiro atoms. The van der Waals surface area contributed by atoms with Crippen LogP contribution in [-0.4, -0.2) is 36.5 Å². The number of nitrogens with zero attached hydrogens (tertiary/aromatic N) is 1. The Balaban J connectivity index is 1.51. The Labute approximate surface area is 136 Å². The van der Waals surface area contributed by atoms with E-state index in [4.69, 9.17) is 0 Å². The Morgan fingerprint density at radius 1 is 1.30 bits per heavy atom. The summed E-state index contributed by atoms with van der Waals surface area (Å²) in [6.07, 6.45) is 3.94. The second-order valence-corrected chi connectivity index (χ2v) is 7.49. The van der Waals surface area contributed by atoms with Gasteiger partial charge in [0.2, 0.25) is 0 Å². The number of hydrogen-bond donors (Lipinski definition) is 1. The van der Waals surface area contributed by atoms with Gasteiger partial charge in [-0.25, -0.2) is 0 Å². The van der Waals surface area contributed by atoms with Crippen molar-refractivity contribution in [3.63, 3.8) is 0 Å². The molecular weight excluding hydrogens is 384 g/mol. The number of likely N-dealkylation sites (tertiary alicyclic amines) is 1. The van der Waals surface area contributed by atoms with E-state index in [0.29, 0.717) is 11.5 Å². The van der Waals surface area contributed by atoms with Gasteiger partial charge in [0, 0.05) is 28.1 Å². The lowest BCUT2D eigenvalue weighted by atomic mass is 10.1. The molecule has 0 aromatic heterocycles. The average molecular weight is 402 g/mol. The first-order valence-electron chi connectivity index (χ1n) is 7.11. The van der Waals surface area contributed by atoms with Crippen LogP contribution in [-0.2, 0) is 0 Å². The van der Waals surface area contributed by atoms with E-state index in [1.165, 1.54) is 25.8 Å². The van der Waals surface area contributed by atoms with Crippen LogP contribution in [0.15, 0.2) is 27.1 Å². The summed E-state index contributed by atoms with van der Waals surface area (Å²) in [4.78, 5) is 14.8. The first-order chi connectivity index (χ1) is 9.63. The predicted octanol–water partition coefficient (Wildman–Crippen LogP) is 3.43. The maximum absolute atomic E-state index is 12.2. The molecule has 1 aliphatic heterocycles. The number of hydrogen-bond acceptors (Lipinski definition) is 2. The Morgan fingerprint density at radius 2 is 2.10 bits per heavy atom. The van der Waals surface area contributed by atoms with Crippen molar-refractivity contribution < 1.29 is 4.79 Å². The topological polar surface area (TPSA) is 32.3 Å². The third-order valence-electron chi connectivity index (χ3n) is 4.11. The number of nitrogens with one attached hydrogen (secondary N) is 1. The van der Waals surface area contributed by atoms with Gasteiger partial charge in [-0.2, -0.15) is 0 Å². The zero-order valence-electron chi connectivity index (χ0n) is 11.2. The van der Waals surface area contributed by atoms with E-state index in [2.05, 4.69) is 42.1 Å². The summed E-state index contributed by atoms with van der Waals surface area (Å²) in [7, 11) is 0. The molecule has 0 radical (unpaired) electrons. The fraction of sp³-hybridized carbons (Fsp3) is 0.533. The highest BCUT2D eigenvalue weighted by molar-refractivity contribution is 9.11. The molecule has 1 amide bonds. The third kappa shape index (κ3) is 3.43. The molecule has 3 nitrogen and oxygen atoms in total. The van der Waals surface area contributed by atoms with E-state index in [1.807, 2.05) is 18.2 Å². The Kier molecular flexibility index (Phi) is 4.48. The van der Waals surface area contributed by atoms with E-state index in [9.17, 15) is 4.79 Å². The highest BCUT2D eigenvalue weighted by Gasteiger charge is 2.34. The molecule has 1 heterocycles. The van der Waals surface area contributed by atoms with Gasteiger partial charge in [-0.1, -0.05) is 15.9 Å². The molecule has 1 aromatic carbocycles.